The summed E-state index contributed by atoms with van der Waals surface area (Å²) < 4.78 is 1.31. The number of hydrogen-bond acceptors (Lipinski definition) is 10. The van der Waals surface area contributed by atoms with Crippen molar-refractivity contribution in [1.29, 1.82) is 0 Å². The second-order valence-electron chi connectivity index (χ2n) is 8.43. The molecule has 36 heavy (non-hydrogen) atoms. The van der Waals surface area contributed by atoms with Gasteiger partial charge in [-0.25, -0.2) is 0 Å². The molecule has 10 heteroatoms. The zero-order valence-corrected chi connectivity index (χ0v) is 27.1. The monoisotopic (exact) mass is 634 g/mol. The van der Waals surface area contributed by atoms with Crippen molar-refractivity contribution < 1.29 is 9.59 Å². The van der Waals surface area contributed by atoms with Crippen molar-refractivity contribution in [1.82, 2.24) is 0 Å². The zero-order valence-electron chi connectivity index (χ0n) is 20.6. The highest BCUT2D eigenvalue weighted by Crippen LogP contribution is 2.42. The Morgan fingerprint density at radius 3 is 2.14 bits per heavy atom. The second-order valence-corrected chi connectivity index (χ2v) is 18.7. The Bertz CT molecular complexity index is 875. The van der Waals surface area contributed by atoms with E-state index in [4.69, 9.17) is 0 Å². The van der Waals surface area contributed by atoms with E-state index in [2.05, 4.69) is 60.9 Å². The summed E-state index contributed by atoms with van der Waals surface area (Å²) in [6.07, 6.45) is 2.64. The van der Waals surface area contributed by atoms with Gasteiger partial charge in [0, 0.05) is 50.8 Å². The topological polar surface area (TPSA) is 34.1 Å². The van der Waals surface area contributed by atoms with Crippen LogP contribution in [0.4, 0.5) is 0 Å². The zero-order chi connectivity index (χ0) is 25.8. The molecule has 0 bridgehead atoms. The summed E-state index contributed by atoms with van der Waals surface area (Å²) in [4.78, 5) is 23.1. The van der Waals surface area contributed by atoms with Gasteiger partial charge in [-0.1, -0.05) is 60.9 Å². The molecule has 3 rings (SSSR count). The fourth-order valence-corrected chi connectivity index (χ4v) is 14.9. The van der Waals surface area contributed by atoms with Crippen LogP contribution in [-0.2, 0) is 21.1 Å². The molecule has 2 saturated heterocycles. The molecule has 0 N–H and O–H groups in total. The van der Waals surface area contributed by atoms with Crippen LogP contribution < -0.4 is 0 Å². The van der Waals surface area contributed by atoms with Crippen LogP contribution in [0.5, 0.6) is 0 Å². The fraction of sp³-hybridized carbons (Fsp3) is 0.538. The molecule has 2 aliphatic heterocycles. The molecule has 4 unspecified atom stereocenters. The van der Waals surface area contributed by atoms with Crippen molar-refractivity contribution in [2.24, 2.45) is 0 Å². The molecule has 2 heterocycles. The standard InChI is InChI=1S/C26H34O2S8/c1-4-23(27)31-13-21-14-32-24(35-21)9-10-29-11-19-5-7-20(8-6-19)12-30-17-25-33-15-22(36-25)16-34-26(28)18(2)3/h4-8,21-22,24-25H,1-2,9-17H2,3H3. The van der Waals surface area contributed by atoms with Crippen LogP contribution >= 0.6 is 94.1 Å². The predicted octanol–water partition coefficient (Wildman–Crippen LogP) is 8.17. The Kier molecular flexibility index (Phi) is 15.3. The minimum absolute atomic E-state index is 0.0913. The molecule has 0 aliphatic carbocycles. The number of thioether (sulfide) groups is 8. The lowest BCUT2D eigenvalue weighted by Gasteiger charge is -2.11. The Morgan fingerprint density at radius 1 is 0.917 bits per heavy atom. The van der Waals surface area contributed by atoms with E-state index in [-0.39, 0.29) is 10.2 Å². The number of benzene rings is 1. The molecular formula is C26H34O2S8. The highest BCUT2D eigenvalue weighted by atomic mass is 32.2. The molecule has 0 amide bonds. The first-order chi connectivity index (χ1) is 17.4. The molecule has 0 saturated carbocycles. The Labute approximate surface area is 251 Å². The van der Waals surface area contributed by atoms with Crippen molar-refractivity contribution in [2.75, 3.05) is 34.5 Å². The van der Waals surface area contributed by atoms with Gasteiger partial charge >= 0.3 is 0 Å². The predicted molar refractivity (Wildman–Crippen MR) is 179 cm³/mol. The lowest BCUT2D eigenvalue weighted by molar-refractivity contribution is -0.108. The summed E-state index contributed by atoms with van der Waals surface area (Å²) in [5.41, 5.74) is 3.46. The summed E-state index contributed by atoms with van der Waals surface area (Å²) in [6.45, 7) is 9.07. The molecule has 0 spiro atoms. The van der Waals surface area contributed by atoms with E-state index in [0.29, 0.717) is 25.2 Å². The molecule has 2 aliphatic rings. The summed E-state index contributed by atoms with van der Waals surface area (Å²) in [5.74, 6) is 8.60. The second kappa shape index (κ2) is 17.5. The molecular weight excluding hydrogens is 601 g/mol. The SMILES string of the molecule is C=CC(=O)SCC1CSC(CCSCc2ccc(CSCC3SCC(CSC(=O)C(=C)C)S3)cc2)S1. The number of rotatable bonds is 15. The maximum atomic E-state index is 11.7. The van der Waals surface area contributed by atoms with Crippen molar-refractivity contribution in [3.8, 4) is 0 Å². The molecule has 0 aromatic heterocycles. The van der Waals surface area contributed by atoms with E-state index in [1.165, 1.54) is 52.9 Å². The van der Waals surface area contributed by atoms with Crippen molar-refractivity contribution >= 4 is 104 Å². The van der Waals surface area contributed by atoms with Gasteiger partial charge in [-0.3, -0.25) is 9.59 Å². The van der Waals surface area contributed by atoms with Crippen LogP contribution in [0.1, 0.15) is 24.5 Å². The fourth-order valence-electron chi connectivity index (χ4n) is 3.33. The van der Waals surface area contributed by atoms with Crippen molar-refractivity contribution in [2.45, 2.75) is 44.5 Å². The third-order valence-corrected chi connectivity index (χ3v) is 17.2. The summed E-state index contributed by atoms with van der Waals surface area (Å²) in [6, 6.07) is 9.15. The van der Waals surface area contributed by atoms with Crippen LogP contribution in [0, 0.1) is 0 Å². The first kappa shape index (κ1) is 31.4. The molecule has 2 fully saturated rings. The lowest BCUT2D eigenvalue weighted by Crippen LogP contribution is -2.08. The van der Waals surface area contributed by atoms with Gasteiger partial charge in [-0.05, 0) is 41.9 Å². The summed E-state index contributed by atoms with van der Waals surface area (Å²) in [7, 11) is 0. The van der Waals surface area contributed by atoms with Gasteiger partial charge in [0.05, 0.1) is 9.16 Å². The summed E-state index contributed by atoms with van der Waals surface area (Å²) in [5, 5.41) is 1.39. The quantitative estimate of drug-likeness (QED) is 0.139. The lowest BCUT2D eigenvalue weighted by atomic mass is 10.2. The van der Waals surface area contributed by atoms with E-state index in [0.717, 1.165) is 40.3 Å². The Morgan fingerprint density at radius 2 is 1.50 bits per heavy atom. The van der Waals surface area contributed by atoms with E-state index in [9.17, 15) is 9.59 Å². The first-order valence-corrected chi connectivity index (χ1v) is 20.1. The number of carbonyl (C=O) groups is 2. The minimum atomic E-state index is 0.0913. The van der Waals surface area contributed by atoms with Gasteiger partial charge in [-0.2, -0.15) is 23.5 Å². The van der Waals surface area contributed by atoms with E-state index < -0.39 is 0 Å². The summed E-state index contributed by atoms with van der Waals surface area (Å²) >= 11 is 15.1. The van der Waals surface area contributed by atoms with Gasteiger partial charge in [0.2, 0.25) is 10.2 Å². The van der Waals surface area contributed by atoms with Crippen molar-refractivity contribution in [3.63, 3.8) is 0 Å². The molecule has 1 aromatic rings. The van der Waals surface area contributed by atoms with E-state index in [1.807, 2.05) is 47.0 Å². The van der Waals surface area contributed by atoms with Gasteiger partial charge in [0.15, 0.2) is 0 Å². The normalized spacial score (nSPS) is 23.6. The van der Waals surface area contributed by atoms with Crippen LogP contribution in [-0.4, -0.2) is 64.4 Å². The van der Waals surface area contributed by atoms with Gasteiger partial charge in [-0.15, -0.1) is 47.0 Å². The number of hydrogen-bond donors (Lipinski definition) is 0. The largest absolute Gasteiger partial charge is 0.282 e. The van der Waals surface area contributed by atoms with Gasteiger partial charge in [0.1, 0.15) is 0 Å². The average molecular weight is 635 g/mol. The van der Waals surface area contributed by atoms with E-state index >= 15 is 0 Å². The number of carbonyl (C=O) groups excluding carboxylic acids is 2. The Balaban J connectivity index is 1.23. The van der Waals surface area contributed by atoms with Crippen LogP contribution in [0.3, 0.4) is 0 Å². The van der Waals surface area contributed by atoms with Crippen LogP contribution in [0.2, 0.25) is 0 Å². The maximum Gasteiger partial charge on any atom is 0.214 e. The molecule has 2 nitrogen and oxygen atoms in total. The molecule has 198 valence electrons. The maximum absolute atomic E-state index is 11.7. The first-order valence-electron chi connectivity index (χ1n) is 11.8. The average Bonchev–Trinajstić information content (AvgIpc) is 3.54. The third-order valence-electron chi connectivity index (χ3n) is 5.26. The van der Waals surface area contributed by atoms with Crippen molar-refractivity contribution in [3.05, 3.63) is 60.2 Å². The third kappa shape index (κ3) is 11.9. The smallest absolute Gasteiger partial charge is 0.214 e. The Hall–Kier alpha value is 0.840. The highest BCUT2D eigenvalue weighted by molar-refractivity contribution is 8.22. The van der Waals surface area contributed by atoms with Crippen LogP contribution in [0.25, 0.3) is 0 Å². The minimum Gasteiger partial charge on any atom is -0.282 e. The van der Waals surface area contributed by atoms with Gasteiger partial charge < -0.3 is 0 Å². The molecule has 1 aromatic carbocycles. The molecule has 0 radical (unpaired) electrons. The van der Waals surface area contributed by atoms with Gasteiger partial charge in [0.25, 0.3) is 0 Å². The highest BCUT2D eigenvalue weighted by Gasteiger charge is 2.27. The van der Waals surface area contributed by atoms with E-state index in [1.54, 1.807) is 6.92 Å². The van der Waals surface area contributed by atoms with Crippen LogP contribution in [0.15, 0.2) is 49.1 Å². The molecule has 4 atom stereocenters.